The van der Waals surface area contributed by atoms with Crippen LogP contribution in [-0.2, 0) is 9.53 Å². The number of hydrogen-bond donors (Lipinski definition) is 2. The van der Waals surface area contributed by atoms with Crippen molar-refractivity contribution in [2.24, 2.45) is 5.73 Å². The lowest BCUT2D eigenvalue weighted by atomic mass is 10.0. The maximum Gasteiger partial charge on any atom is 0.325 e. The normalized spacial score (nSPS) is 14.2. The van der Waals surface area contributed by atoms with Crippen molar-refractivity contribution in [1.29, 1.82) is 0 Å². The Morgan fingerprint density at radius 3 is 2.56 bits per heavy atom. The Labute approximate surface area is 99.0 Å². The van der Waals surface area contributed by atoms with Crippen molar-refractivity contribution in [1.82, 2.24) is 0 Å². The van der Waals surface area contributed by atoms with Crippen LogP contribution in [0.1, 0.15) is 18.6 Å². The van der Waals surface area contributed by atoms with Crippen LogP contribution in [0.4, 0.5) is 0 Å². The predicted molar refractivity (Wildman–Crippen MR) is 61.0 cm³/mol. The van der Waals surface area contributed by atoms with E-state index in [1.165, 1.54) is 0 Å². The molecule has 0 radical (unpaired) electrons. The predicted octanol–water partition coefficient (Wildman–Crippen LogP) is 1.26. The Balaban J connectivity index is 2.73. The van der Waals surface area contributed by atoms with Crippen molar-refractivity contribution in [3.05, 3.63) is 34.9 Å². The SMILES string of the molecule is CCOC(=O)[C@H](N)[C@H](O)c1ccc(Cl)cc1. The molecular weight excluding hydrogens is 230 g/mol. The Kier molecular flexibility index (Phi) is 4.73. The van der Waals surface area contributed by atoms with Crippen molar-refractivity contribution in [3.63, 3.8) is 0 Å². The summed E-state index contributed by atoms with van der Waals surface area (Å²) in [6, 6.07) is 5.40. The first-order chi connectivity index (χ1) is 7.56. The van der Waals surface area contributed by atoms with Gasteiger partial charge in [-0.25, -0.2) is 0 Å². The van der Waals surface area contributed by atoms with E-state index in [2.05, 4.69) is 0 Å². The number of rotatable bonds is 4. The molecule has 0 aromatic heterocycles. The lowest BCUT2D eigenvalue weighted by molar-refractivity contribution is -0.147. The molecule has 0 saturated heterocycles. The summed E-state index contributed by atoms with van der Waals surface area (Å²) >= 11 is 5.70. The smallest absolute Gasteiger partial charge is 0.325 e. The summed E-state index contributed by atoms with van der Waals surface area (Å²) in [7, 11) is 0. The number of esters is 1. The molecule has 88 valence electrons. The fourth-order valence-electron chi connectivity index (χ4n) is 1.23. The molecule has 0 aliphatic heterocycles. The molecule has 0 aliphatic carbocycles. The zero-order valence-corrected chi connectivity index (χ0v) is 9.65. The molecule has 0 spiro atoms. The van der Waals surface area contributed by atoms with Crippen LogP contribution in [0.2, 0.25) is 5.02 Å². The van der Waals surface area contributed by atoms with Gasteiger partial charge in [-0.15, -0.1) is 0 Å². The van der Waals surface area contributed by atoms with Crippen molar-refractivity contribution in [3.8, 4) is 0 Å². The third kappa shape index (κ3) is 3.20. The largest absolute Gasteiger partial charge is 0.465 e. The van der Waals surface area contributed by atoms with Crippen LogP contribution < -0.4 is 5.73 Å². The van der Waals surface area contributed by atoms with E-state index in [1.807, 2.05) is 0 Å². The molecule has 1 rings (SSSR count). The van der Waals surface area contributed by atoms with Gasteiger partial charge >= 0.3 is 5.97 Å². The minimum atomic E-state index is -1.09. The number of aliphatic hydroxyl groups excluding tert-OH is 1. The first-order valence-electron chi connectivity index (χ1n) is 4.92. The Morgan fingerprint density at radius 2 is 2.06 bits per heavy atom. The molecule has 0 heterocycles. The quantitative estimate of drug-likeness (QED) is 0.781. The van der Waals surface area contributed by atoms with Crippen LogP contribution in [0.3, 0.4) is 0 Å². The monoisotopic (exact) mass is 243 g/mol. The van der Waals surface area contributed by atoms with Gasteiger partial charge in [-0.3, -0.25) is 4.79 Å². The van der Waals surface area contributed by atoms with E-state index in [0.717, 1.165) is 0 Å². The summed E-state index contributed by atoms with van der Waals surface area (Å²) in [6.07, 6.45) is -1.09. The Bertz CT molecular complexity index is 353. The summed E-state index contributed by atoms with van der Waals surface area (Å²) in [6.45, 7) is 1.92. The second-order valence-corrected chi connectivity index (χ2v) is 3.71. The van der Waals surface area contributed by atoms with Crippen LogP contribution in [-0.4, -0.2) is 23.7 Å². The number of aliphatic hydroxyl groups is 1. The Morgan fingerprint density at radius 1 is 1.50 bits per heavy atom. The highest BCUT2D eigenvalue weighted by Crippen LogP contribution is 2.19. The summed E-state index contributed by atoms with van der Waals surface area (Å²) in [5.74, 6) is -0.620. The molecule has 0 fully saturated rings. The molecule has 0 aliphatic rings. The maximum atomic E-state index is 11.3. The average molecular weight is 244 g/mol. The van der Waals surface area contributed by atoms with E-state index < -0.39 is 18.1 Å². The van der Waals surface area contributed by atoms with Crippen molar-refractivity contribution < 1.29 is 14.6 Å². The molecule has 16 heavy (non-hydrogen) atoms. The molecule has 4 nitrogen and oxygen atoms in total. The first kappa shape index (κ1) is 13.0. The molecule has 1 aromatic carbocycles. The molecule has 0 unspecified atom stereocenters. The van der Waals surface area contributed by atoms with E-state index in [9.17, 15) is 9.90 Å². The molecule has 1 aromatic rings. The summed E-state index contributed by atoms with van der Waals surface area (Å²) in [5, 5.41) is 10.4. The van der Waals surface area contributed by atoms with Gasteiger partial charge in [-0.1, -0.05) is 23.7 Å². The van der Waals surface area contributed by atoms with Crippen LogP contribution in [0.25, 0.3) is 0 Å². The standard InChI is InChI=1S/C11H14ClNO3/c1-2-16-11(15)9(13)10(14)7-3-5-8(12)6-4-7/h3-6,9-10,14H,2,13H2,1H3/t9-,10-/m1/s1. The fraction of sp³-hybridized carbons (Fsp3) is 0.364. The van der Waals surface area contributed by atoms with Crippen LogP contribution in [0.15, 0.2) is 24.3 Å². The highest BCUT2D eigenvalue weighted by atomic mass is 35.5. The number of ether oxygens (including phenoxy) is 1. The van der Waals surface area contributed by atoms with Gasteiger partial charge in [0.05, 0.1) is 6.61 Å². The van der Waals surface area contributed by atoms with Gasteiger partial charge in [-0.05, 0) is 24.6 Å². The van der Waals surface area contributed by atoms with Crippen molar-refractivity contribution >= 4 is 17.6 Å². The van der Waals surface area contributed by atoms with Gasteiger partial charge in [0.15, 0.2) is 0 Å². The van der Waals surface area contributed by atoms with E-state index in [-0.39, 0.29) is 6.61 Å². The van der Waals surface area contributed by atoms with Gasteiger partial charge in [0.1, 0.15) is 12.1 Å². The molecule has 2 atom stereocenters. The second kappa shape index (κ2) is 5.84. The lowest BCUT2D eigenvalue weighted by Gasteiger charge is -2.17. The second-order valence-electron chi connectivity index (χ2n) is 3.27. The van der Waals surface area contributed by atoms with Gasteiger partial charge in [0.2, 0.25) is 0 Å². The molecule has 0 bridgehead atoms. The topological polar surface area (TPSA) is 72.5 Å². The van der Waals surface area contributed by atoms with Crippen LogP contribution in [0, 0.1) is 0 Å². The van der Waals surface area contributed by atoms with E-state index in [1.54, 1.807) is 31.2 Å². The first-order valence-corrected chi connectivity index (χ1v) is 5.29. The number of benzene rings is 1. The minimum absolute atomic E-state index is 0.236. The number of halogens is 1. The molecular formula is C11H14ClNO3. The van der Waals surface area contributed by atoms with Gasteiger partial charge in [-0.2, -0.15) is 0 Å². The summed E-state index contributed by atoms with van der Waals surface area (Å²) < 4.78 is 4.72. The number of hydrogen-bond acceptors (Lipinski definition) is 4. The lowest BCUT2D eigenvalue weighted by Crippen LogP contribution is -2.38. The fourth-order valence-corrected chi connectivity index (χ4v) is 1.36. The Hall–Kier alpha value is -1.10. The zero-order valence-electron chi connectivity index (χ0n) is 8.89. The average Bonchev–Trinajstić information content (AvgIpc) is 2.28. The molecule has 3 N–H and O–H groups in total. The number of carbonyl (C=O) groups excluding carboxylic acids is 1. The third-order valence-corrected chi connectivity index (χ3v) is 2.36. The highest BCUT2D eigenvalue weighted by Gasteiger charge is 2.25. The van der Waals surface area contributed by atoms with Gasteiger partial charge in [0.25, 0.3) is 0 Å². The van der Waals surface area contributed by atoms with Crippen molar-refractivity contribution in [2.75, 3.05) is 6.61 Å². The zero-order chi connectivity index (χ0) is 12.1. The van der Waals surface area contributed by atoms with E-state index >= 15 is 0 Å². The highest BCUT2D eigenvalue weighted by molar-refractivity contribution is 6.30. The maximum absolute atomic E-state index is 11.3. The van der Waals surface area contributed by atoms with Crippen LogP contribution >= 0.6 is 11.6 Å². The van der Waals surface area contributed by atoms with Gasteiger partial charge in [0, 0.05) is 5.02 Å². The summed E-state index contributed by atoms with van der Waals surface area (Å²) in [4.78, 5) is 11.3. The summed E-state index contributed by atoms with van der Waals surface area (Å²) in [5.41, 5.74) is 6.09. The molecule has 5 heteroatoms. The number of carbonyl (C=O) groups is 1. The third-order valence-electron chi connectivity index (χ3n) is 2.11. The molecule has 0 amide bonds. The number of nitrogens with two attached hydrogens (primary N) is 1. The van der Waals surface area contributed by atoms with E-state index in [0.29, 0.717) is 10.6 Å². The van der Waals surface area contributed by atoms with Gasteiger partial charge < -0.3 is 15.6 Å². The minimum Gasteiger partial charge on any atom is -0.465 e. The van der Waals surface area contributed by atoms with Crippen molar-refractivity contribution in [2.45, 2.75) is 19.1 Å². The van der Waals surface area contributed by atoms with Crippen LogP contribution in [0.5, 0.6) is 0 Å². The van der Waals surface area contributed by atoms with E-state index in [4.69, 9.17) is 22.1 Å². The molecule has 0 saturated carbocycles.